The molecule has 3 rings (SSSR count). The minimum Gasteiger partial charge on any atom is -0.390 e. The molecule has 4 heteroatoms. The molecule has 0 radical (unpaired) electrons. The van der Waals surface area contributed by atoms with Crippen LogP contribution in [0.15, 0.2) is 12.3 Å². The van der Waals surface area contributed by atoms with Crippen molar-refractivity contribution in [1.82, 2.24) is 14.7 Å². The van der Waals surface area contributed by atoms with Gasteiger partial charge in [-0.25, -0.2) is 0 Å². The number of rotatable bonds is 4. The standard InChI is InChI=1S/C18H31N3O/c1-14(2)21-15(9-11-19-21)13-20-12-6-8-17(20)16-7-4-5-10-18(16,3)22/h9,11,14,16-17,22H,4-8,10,12-13H2,1-3H3/t16-,17+,18+/m0/s1. The van der Waals surface area contributed by atoms with Gasteiger partial charge in [0.15, 0.2) is 0 Å². The average Bonchev–Trinajstić information content (AvgIpc) is 3.08. The third-order valence-corrected chi connectivity index (χ3v) is 5.73. The van der Waals surface area contributed by atoms with Crippen LogP contribution < -0.4 is 0 Å². The fourth-order valence-electron chi connectivity index (χ4n) is 4.59. The molecule has 2 fully saturated rings. The predicted octanol–water partition coefficient (Wildman–Crippen LogP) is 3.37. The molecule has 124 valence electrons. The molecule has 0 aromatic carbocycles. The summed E-state index contributed by atoms with van der Waals surface area (Å²) in [5.41, 5.74) is 0.821. The molecule has 0 amide bonds. The summed E-state index contributed by atoms with van der Waals surface area (Å²) in [5.74, 6) is 0.430. The third kappa shape index (κ3) is 3.09. The minimum absolute atomic E-state index is 0.406. The van der Waals surface area contributed by atoms with E-state index in [2.05, 4.69) is 41.5 Å². The first-order valence-electron chi connectivity index (χ1n) is 8.98. The van der Waals surface area contributed by atoms with Crippen molar-refractivity contribution < 1.29 is 5.11 Å². The molecule has 3 atom stereocenters. The SMILES string of the molecule is CC(C)n1nccc1CN1CCC[C@@H]1[C@@H]1CCCC[C@@]1(C)O. The molecule has 1 N–H and O–H groups in total. The Kier molecular flexibility index (Phi) is 4.60. The molecule has 1 saturated carbocycles. The zero-order chi connectivity index (χ0) is 15.7. The maximum atomic E-state index is 10.8. The molecule has 1 aliphatic heterocycles. The number of aliphatic hydroxyl groups is 1. The van der Waals surface area contributed by atoms with Crippen LogP contribution in [0.25, 0.3) is 0 Å². The van der Waals surface area contributed by atoms with Crippen molar-refractivity contribution in [1.29, 1.82) is 0 Å². The van der Waals surface area contributed by atoms with Gasteiger partial charge in [-0.3, -0.25) is 9.58 Å². The summed E-state index contributed by atoms with van der Waals surface area (Å²) in [7, 11) is 0. The van der Waals surface area contributed by atoms with E-state index < -0.39 is 5.60 Å². The van der Waals surface area contributed by atoms with Crippen LogP contribution in [-0.4, -0.2) is 38.0 Å². The maximum absolute atomic E-state index is 10.8. The molecule has 0 bridgehead atoms. The van der Waals surface area contributed by atoms with E-state index >= 15 is 0 Å². The van der Waals surface area contributed by atoms with Crippen LogP contribution in [-0.2, 0) is 6.54 Å². The molecule has 22 heavy (non-hydrogen) atoms. The third-order valence-electron chi connectivity index (χ3n) is 5.73. The Hall–Kier alpha value is -0.870. The van der Waals surface area contributed by atoms with E-state index in [0.717, 1.165) is 19.5 Å². The van der Waals surface area contributed by atoms with Crippen molar-refractivity contribution in [2.75, 3.05) is 6.54 Å². The zero-order valence-electron chi connectivity index (χ0n) is 14.3. The van der Waals surface area contributed by atoms with Gasteiger partial charge in [-0.15, -0.1) is 0 Å². The van der Waals surface area contributed by atoms with Gasteiger partial charge in [0.1, 0.15) is 0 Å². The van der Waals surface area contributed by atoms with Gasteiger partial charge in [-0.1, -0.05) is 12.8 Å². The van der Waals surface area contributed by atoms with E-state index in [-0.39, 0.29) is 0 Å². The predicted molar refractivity (Wildman–Crippen MR) is 88.6 cm³/mol. The van der Waals surface area contributed by atoms with E-state index in [1.807, 2.05) is 6.20 Å². The van der Waals surface area contributed by atoms with E-state index in [9.17, 15) is 5.11 Å². The quantitative estimate of drug-likeness (QED) is 0.927. The van der Waals surface area contributed by atoms with Crippen molar-refractivity contribution in [3.8, 4) is 0 Å². The largest absolute Gasteiger partial charge is 0.390 e. The Morgan fingerprint density at radius 3 is 2.86 bits per heavy atom. The van der Waals surface area contributed by atoms with E-state index in [1.54, 1.807) is 0 Å². The summed E-state index contributed by atoms with van der Waals surface area (Å²) in [5, 5.41) is 15.3. The van der Waals surface area contributed by atoms with Crippen LogP contribution in [0, 0.1) is 5.92 Å². The molecule has 0 spiro atoms. The fraction of sp³-hybridized carbons (Fsp3) is 0.833. The second kappa shape index (κ2) is 6.32. The highest BCUT2D eigenvalue weighted by Crippen LogP contribution is 2.41. The van der Waals surface area contributed by atoms with Gasteiger partial charge in [0, 0.05) is 30.7 Å². The summed E-state index contributed by atoms with van der Waals surface area (Å²) in [4.78, 5) is 2.60. The number of hydrogen-bond acceptors (Lipinski definition) is 3. The highest BCUT2D eigenvalue weighted by molar-refractivity contribution is 5.04. The van der Waals surface area contributed by atoms with Crippen molar-refractivity contribution in [2.24, 2.45) is 5.92 Å². The van der Waals surface area contributed by atoms with Crippen LogP contribution in [0.1, 0.15) is 71.0 Å². The lowest BCUT2D eigenvalue weighted by Gasteiger charge is -2.43. The molecular weight excluding hydrogens is 274 g/mol. The first-order chi connectivity index (χ1) is 10.5. The number of hydrogen-bond donors (Lipinski definition) is 1. The molecular formula is C18H31N3O. The highest BCUT2D eigenvalue weighted by Gasteiger charge is 2.43. The minimum atomic E-state index is -0.482. The summed E-state index contributed by atoms with van der Waals surface area (Å²) in [6.07, 6.45) is 9.00. The van der Waals surface area contributed by atoms with Crippen molar-refractivity contribution >= 4 is 0 Å². The van der Waals surface area contributed by atoms with Crippen molar-refractivity contribution in [3.05, 3.63) is 18.0 Å². The average molecular weight is 305 g/mol. The van der Waals surface area contributed by atoms with Crippen LogP contribution in [0.5, 0.6) is 0 Å². The number of nitrogens with zero attached hydrogens (tertiary/aromatic N) is 3. The highest BCUT2D eigenvalue weighted by atomic mass is 16.3. The van der Waals surface area contributed by atoms with Gasteiger partial charge in [0.2, 0.25) is 0 Å². The second-order valence-electron chi connectivity index (χ2n) is 7.75. The van der Waals surface area contributed by atoms with Crippen molar-refractivity contribution in [2.45, 2.75) is 83.5 Å². The van der Waals surface area contributed by atoms with Crippen LogP contribution in [0.3, 0.4) is 0 Å². The van der Waals surface area contributed by atoms with Gasteiger partial charge in [-0.05, 0) is 59.1 Å². The molecule has 1 aromatic heterocycles. The molecule has 2 aliphatic rings. The van der Waals surface area contributed by atoms with Gasteiger partial charge < -0.3 is 5.11 Å². The summed E-state index contributed by atoms with van der Waals surface area (Å²) >= 11 is 0. The summed E-state index contributed by atoms with van der Waals surface area (Å²) < 4.78 is 2.13. The molecule has 0 unspecified atom stereocenters. The van der Waals surface area contributed by atoms with Crippen LogP contribution in [0.2, 0.25) is 0 Å². The maximum Gasteiger partial charge on any atom is 0.0662 e. The van der Waals surface area contributed by atoms with E-state index in [4.69, 9.17) is 0 Å². The smallest absolute Gasteiger partial charge is 0.0662 e. The van der Waals surface area contributed by atoms with Crippen LogP contribution >= 0.6 is 0 Å². The van der Waals surface area contributed by atoms with E-state index in [1.165, 1.54) is 37.8 Å². The number of aromatic nitrogens is 2. The van der Waals surface area contributed by atoms with E-state index in [0.29, 0.717) is 18.0 Å². The second-order valence-corrected chi connectivity index (χ2v) is 7.75. The van der Waals surface area contributed by atoms with Gasteiger partial charge in [-0.2, -0.15) is 5.10 Å². The van der Waals surface area contributed by atoms with Gasteiger partial charge in [0.05, 0.1) is 11.3 Å². The molecule has 4 nitrogen and oxygen atoms in total. The Morgan fingerprint density at radius 2 is 2.14 bits per heavy atom. The van der Waals surface area contributed by atoms with Crippen molar-refractivity contribution in [3.63, 3.8) is 0 Å². The first-order valence-corrected chi connectivity index (χ1v) is 8.98. The fourth-order valence-corrected chi connectivity index (χ4v) is 4.59. The Bertz CT molecular complexity index is 494. The summed E-state index contributed by atoms with van der Waals surface area (Å²) in [6.45, 7) is 8.55. The monoisotopic (exact) mass is 305 g/mol. The molecule has 2 heterocycles. The molecule has 1 aromatic rings. The molecule has 1 aliphatic carbocycles. The summed E-state index contributed by atoms with van der Waals surface area (Å²) in [6, 6.07) is 3.09. The number of likely N-dealkylation sites (tertiary alicyclic amines) is 1. The lowest BCUT2D eigenvalue weighted by molar-refractivity contribution is -0.0631. The molecule has 1 saturated heterocycles. The normalized spacial score (nSPS) is 33.7. The van der Waals surface area contributed by atoms with Gasteiger partial charge in [0.25, 0.3) is 0 Å². The van der Waals surface area contributed by atoms with Gasteiger partial charge >= 0.3 is 0 Å². The van der Waals surface area contributed by atoms with Crippen LogP contribution in [0.4, 0.5) is 0 Å². The zero-order valence-corrected chi connectivity index (χ0v) is 14.3. The Balaban J connectivity index is 1.74. The lowest BCUT2D eigenvalue weighted by Crippen LogP contribution is -2.48. The first kappa shape index (κ1) is 16.0. The Labute approximate surface area is 134 Å². The lowest BCUT2D eigenvalue weighted by atomic mass is 9.72. The Morgan fingerprint density at radius 1 is 1.32 bits per heavy atom. The topological polar surface area (TPSA) is 41.3 Å².